The Morgan fingerprint density at radius 1 is 1.04 bits per heavy atom. The zero-order valence-electron chi connectivity index (χ0n) is 16.7. The fourth-order valence-corrected chi connectivity index (χ4v) is 6.19. The number of ether oxygens (including phenoxy) is 3. The van der Waals surface area contributed by atoms with E-state index in [-0.39, 0.29) is 11.0 Å². The number of likely N-dealkylation sites (N-methyl/N-ethyl adjacent to an activating group) is 1. The summed E-state index contributed by atoms with van der Waals surface area (Å²) in [4.78, 5) is 2.35. The summed E-state index contributed by atoms with van der Waals surface area (Å²) in [5.41, 5.74) is 0. The van der Waals surface area contributed by atoms with Gasteiger partial charge in [-0.2, -0.15) is 4.31 Å². The molecule has 0 radical (unpaired) electrons. The Morgan fingerprint density at radius 2 is 1.70 bits per heavy atom. The molecule has 4 atom stereocenters. The molecule has 1 saturated heterocycles. The molecule has 1 aromatic rings. The van der Waals surface area contributed by atoms with Crippen LogP contribution in [0.15, 0.2) is 23.1 Å². The van der Waals surface area contributed by atoms with E-state index in [9.17, 15) is 8.42 Å². The van der Waals surface area contributed by atoms with Crippen LogP contribution in [-0.4, -0.2) is 78.3 Å². The van der Waals surface area contributed by atoms with Gasteiger partial charge in [-0.1, -0.05) is 0 Å². The minimum Gasteiger partial charge on any atom is -0.497 e. The number of nitrogens with zero attached hydrogens (tertiary/aromatic N) is 2. The predicted molar refractivity (Wildman–Crippen MR) is 103 cm³/mol. The molecule has 0 N–H and O–H groups in total. The lowest BCUT2D eigenvalue weighted by Crippen LogP contribution is -2.47. The molecule has 1 aliphatic heterocycles. The number of methoxy groups -OCH3 is 3. The summed E-state index contributed by atoms with van der Waals surface area (Å²) in [6.45, 7) is 1.06. The maximum atomic E-state index is 13.3. The van der Waals surface area contributed by atoms with Gasteiger partial charge < -0.3 is 19.1 Å². The number of benzene rings is 1. The second-order valence-electron chi connectivity index (χ2n) is 7.64. The first kappa shape index (κ1) is 20.4. The Bertz CT molecular complexity index is 767. The number of hydrogen-bond donors (Lipinski definition) is 0. The van der Waals surface area contributed by atoms with E-state index < -0.39 is 10.0 Å². The Labute approximate surface area is 162 Å². The quantitative estimate of drug-likeness (QED) is 0.726. The summed E-state index contributed by atoms with van der Waals surface area (Å²) in [6.07, 6.45) is 1.96. The first-order valence-corrected chi connectivity index (χ1v) is 10.7. The highest BCUT2D eigenvalue weighted by atomic mass is 32.2. The molecule has 8 heteroatoms. The van der Waals surface area contributed by atoms with Crippen LogP contribution in [0.5, 0.6) is 11.5 Å². The molecule has 3 rings (SSSR count). The minimum absolute atomic E-state index is 0.134. The van der Waals surface area contributed by atoms with Gasteiger partial charge in [0.2, 0.25) is 10.0 Å². The van der Waals surface area contributed by atoms with E-state index in [0.29, 0.717) is 42.5 Å². The smallest absolute Gasteiger partial charge is 0.246 e. The standard InChI is InChI=1S/C19H30N2O5S/c1-20(2)16-8-13-11-21(12-14(13)9-18(16)26-5)27(22,23)19-10-15(24-3)6-7-17(19)25-4/h6-7,10,13-14,16,18H,8-9,11-12H2,1-5H3/t13-,14+,16-,18-/m1/s1. The lowest BCUT2D eigenvalue weighted by molar-refractivity contribution is -0.0209. The van der Waals surface area contributed by atoms with Crippen molar-refractivity contribution in [3.05, 3.63) is 18.2 Å². The van der Waals surface area contributed by atoms with Gasteiger partial charge in [0.25, 0.3) is 0 Å². The van der Waals surface area contributed by atoms with Gasteiger partial charge in [0, 0.05) is 32.3 Å². The average Bonchev–Trinajstić information content (AvgIpc) is 3.10. The van der Waals surface area contributed by atoms with Gasteiger partial charge in [-0.05, 0) is 50.9 Å². The molecule has 0 bridgehead atoms. The Morgan fingerprint density at radius 3 is 2.26 bits per heavy atom. The fraction of sp³-hybridized carbons (Fsp3) is 0.684. The lowest BCUT2D eigenvalue weighted by Gasteiger charge is -2.40. The third kappa shape index (κ3) is 3.81. The Kier molecular flexibility index (Phi) is 6.00. The van der Waals surface area contributed by atoms with Crippen molar-refractivity contribution >= 4 is 10.0 Å². The van der Waals surface area contributed by atoms with Crippen LogP contribution in [-0.2, 0) is 14.8 Å². The van der Waals surface area contributed by atoms with E-state index in [1.807, 2.05) is 0 Å². The summed E-state index contributed by atoms with van der Waals surface area (Å²) >= 11 is 0. The maximum Gasteiger partial charge on any atom is 0.246 e. The SMILES string of the molecule is COc1ccc(OC)c(S(=O)(=O)N2C[C@H]3C[C@@H](N(C)C)[C@H](OC)C[C@H]3C2)c1. The second-order valence-corrected chi connectivity index (χ2v) is 9.54. The molecule has 2 aliphatic rings. The summed E-state index contributed by atoms with van der Waals surface area (Å²) in [6, 6.07) is 5.19. The van der Waals surface area contributed by atoms with Gasteiger partial charge >= 0.3 is 0 Å². The highest BCUT2D eigenvalue weighted by Gasteiger charge is 2.46. The van der Waals surface area contributed by atoms with E-state index in [4.69, 9.17) is 14.2 Å². The van der Waals surface area contributed by atoms with Gasteiger partial charge in [-0.3, -0.25) is 0 Å². The summed E-state index contributed by atoms with van der Waals surface area (Å²) in [5.74, 6) is 1.50. The molecule has 0 amide bonds. The third-order valence-corrected chi connectivity index (χ3v) is 7.86. The molecule has 0 spiro atoms. The van der Waals surface area contributed by atoms with Gasteiger partial charge in [0.1, 0.15) is 16.4 Å². The zero-order chi connectivity index (χ0) is 19.8. The normalized spacial score (nSPS) is 29.0. The first-order chi connectivity index (χ1) is 12.8. The van der Waals surface area contributed by atoms with Crippen LogP contribution >= 0.6 is 0 Å². The number of fused-ring (bicyclic) bond motifs is 1. The average molecular weight is 399 g/mol. The topological polar surface area (TPSA) is 68.3 Å². The first-order valence-electron chi connectivity index (χ1n) is 9.23. The molecule has 152 valence electrons. The minimum atomic E-state index is -3.66. The molecule has 1 heterocycles. The van der Waals surface area contributed by atoms with E-state index in [1.165, 1.54) is 20.3 Å². The van der Waals surface area contributed by atoms with Crippen molar-refractivity contribution in [1.29, 1.82) is 0 Å². The van der Waals surface area contributed by atoms with Crippen molar-refractivity contribution in [2.75, 3.05) is 48.5 Å². The van der Waals surface area contributed by atoms with Crippen LogP contribution in [0.1, 0.15) is 12.8 Å². The van der Waals surface area contributed by atoms with Gasteiger partial charge in [0.15, 0.2) is 0 Å². The van der Waals surface area contributed by atoms with Gasteiger partial charge in [-0.25, -0.2) is 8.42 Å². The van der Waals surface area contributed by atoms with E-state index in [0.717, 1.165) is 12.8 Å². The van der Waals surface area contributed by atoms with E-state index >= 15 is 0 Å². The van der Waals surface area contributed by atoms with Crippen LogP contribution in [0.3, 0.4) is 0 Å². The van der Waals surface area contributed by atoms with Crippen LogP contribution in [0, 0.1) is 11.8 Å². The lowest BCUT2D eigenvalue weighted by atomic mass is 9.77. The Balaban J connectivity index is 1.86. The second kappa shape index (κ2) is 7.95. The molecule has 0 aromatic heterocycles. The van der Waals surface area contributed by atoms with Gasteiger partial charge in [0.05, 0.1) is 20.3 Å². The molecule has 1 aliphatic carbocycles. The Hall–Kier alpha value is -1.35. The molecule has 7 nitrogen and oxygen atoms in total. The highest BCUT2D eigenvalue weighted by Crippen LogP contribution is 2.41. The predicted octanol–water partition coefficient (Wildman–Crippen LogP) is 1.68. The van der Waals surface area contributed by atoms with Crippen molar-refractivity contribution in [3.8, 4) is 11.5 Å². The molecule has 0 unspecified atom stereocenters. The molecule has 1 aromatic carbocycles. The molecule has 1 saturated carbocycles. The fourth-order valence-electron chi connectivity index (χ4n) is 4.46. The number of hydrogen-bond acceptors (Lipinski definition) is 6. The van der Waals surface area contributed by atoms with Crippen molar-refractivity contribution < 1.29 is 22.6 Å². The monoisotopic (exact) mass is 398 g/mol. The molecular formula is C19H30N2O5S. The maximum absolute atomic E-state index is 13.3. The van der Waals surface area contributed by atoms with Gasteiger partial charge in [-0.15, -0.1) is 0 Å². The number of sulfonamides is 1. The summed E-state index contributed by atoms with van der Waals surface area (Å²) in [7, 11) is 5.20. The van der Waals surface area contributed by atoms with Crippen molar-refractivity contribution in [2.24, 2.45) is 11.8 Å². The molecule has 2 fully saturated rings. The van der Waals surface area contributed by atoms with Crippen LogP contribution in [0.2, 0.25) is 0 Å². The van der Waals surface area contributed by atoms with Crippen molar-refractivity contribution in [1.82, 2.24) is 9.21 Å². The van der Waals surface area contributed by atoms with E-state index in [1.54, 1.807) is 23.5 Å². The van der Waals surface area contributed by atoms with E-state index in [2.05, 4.69) is 19.0 Å². The summed E-state index contributed by atoms with van der Waals surface area (Å²) < 4.78 is 44.5. The third-order valence-electron chi connectivity index (χ3n) is 6.01. The highest BCUT2D eigenvalue weighted by molar-refractivity contribution is 7.89. The summed E-state index contributed by atoms with van der Waals surface area (Å²) in [5, 5.41) is 0. The molecular weight excluding hydrogens is 368 g/mol. The zero-order valence-corrected chi connectivity index (χ0v) is 17.5. The number of rotatable bonds is 6. The van der Waals surface area contributed by atoms with Crippen LogP contribution in [0.4, 0.5) is 0 Å². The van der Waals surface area contributed by atoms with Crippen LogP contribution in [0.25, 0.3) is 0 Å². The van der Waals surface area contributed by atoms with Crippen LogP contribution < -0.4 is 9.47 Å². The van der Waals surface area contributed by atoms with Crippen molar-refractivity contribution in [2.45, 2.75) is 29.9 Å². The largest absolute Gasteiger partial charge is 0.497 e. The molecule has 27 heavy (non-hydrogen) atoms. The van der Waals surface area contributed by atoms with Crippen molar-refractivity contribution in [3.63, 3.8) is 0 Å².